The first kappa shape index (κ1) is 11.9. The zero-order valence-corrected chi connectivity index (χ0v) is 12.1. The van der Waals surface area contributed by atoms with Gasteiger partial charge < -0.3 is 9.88 Å². The Morgan fingerprint density at radius 2 is 1.71 bits per heavy atom. The van der Waals surface area contributed by atoms with Crippen LogP contribution in [-0.4, -0.2) is 21.3 Å². The summed E-state index contributed by atoms with van der Waals surface area (Å²) in [4.78, 5) is 0. The number of aromatic nitrogens is 3. The number of hydrogen-bond acceptors (Lipinski definition) is 3. The molecule has 1 aromatic carbocycles. The van der Waals surface area contributed by atoms with Gasteiger partial charge >= 0.3 is 0 Å². The topological polar surface area (TPSA) is 42.7 Å². The van der Waals surface area contributed by atoms with Crippen LogP contribution in [0.2, 0.25) is 0 Å². The summed E-state index contributed by atoms with van der Waals surface area (Å²) in [6.07, 6.45) is 4.14. The molecule has 0 amide bonds. The lowest BCUT2D eigenvalue weighted by atomic mass is 10.0. The molecule has 0 radical (unpaired) electrons. The Morgan fingerprint density at radius 1 is 0.952 bits per heavy atom. The number of fused-ring (bicyclic) bond motifs is 2. The van der Waals surface area contributed by atoms with Crippen LogP contribution in [0.5, 0.6) is 0 Å². The Balaban J connectivity index is 1.51. The van der Waals surface area contributed by atoms with Crippen LogP contribution in [0, 0.1) is 11.8 Å². The molecule has 21 heavy (non-hydrogen) atoms. The Kier molecular flexibility index (Phi) is 2.50. The molecule has 1 aromatic heterocycles. The highest BCUT2D eigenvalue weighted by molar-refractivity contribution is 5.27. The largest absolute Gasteiger partial charge is 0.312 e. The molecule has 5 rings (SSSR count). The van der Waals surface area contributed by atoms with Crippen LogP contribution in [0.25, 0.3) is 0 Å². The normalized spacial score (nSPS) is 33.5. The average Bonchev–Trinajstić information content (AvgIpc) is 2.98. The molecular weight excluding hydrogens is 260 g/mol. The molecule has 1 aliphatic heterocycles. The quantitative estimate of drug-likeness (QED) is 0.919. The fourth-order valence-corrected chi connectivity index (χ4v) is 4.32. The molecule has 4 heteroatoms. The van der Waals surface area contributed by atoms with E-state index in [-0.39, 0.29) is 6.04 Å². The third kappa shape index (κ3) is 1.85. The van der Waals surface area contributed by atoms with Gasteiger partial charge in [0.2, 0.25) is 0 Å². The molecule has 2 fully saturated rings. The summed E-state index contributed by atoms with van der Waals surface area (Å²) in [5.74, 6) is 5.00. The predicted octanol–water partition coefficient (Wildman–Crippen LogP) is 2.48. The van der Waals surface area contributed by atoms with Crippen LogP contribution in [0.15, 0.2) is 30.3 Å². The number of hydrogen-bond donors (Lipinski definition) is 1. The minimum Gasteiger partial charge on any atom is -0.312 e. The maximum absolute atomic E-state index is 4.58. The van der Waals surface area contributed by atoms with E-state index in [0.717, 1.165) is 30.7 Å². The molecule has 2 heterocycles. The standard InChI is InChI=1S/C17H20N4/c1-2-4-11(5-3-1)15-17-20-19-16(21(17)7-6-18-15)14-9-12-8-13(12)10-14/h1-5,12-15,18H,6-10H2. The average molecular weight is 280 g/mol. The molecule has 3 unspecified atom stereocenters. The molecule has 0 spiro atoms. The second kappa shape index (κ2) is 4.41. The fraction of sp³-hybridized carbons (Fsp3) is 0.529. The molecule has 4 nitrogen and oxygen atoms in total. The Labute approximate surface area is 124 Å². The summed E-state index contributed by atoms with van der Waals surface area (Å²) in [5.41, 5.74) is 1.28. The third-order valence-corrected chi connectivity index (χ3v) is 5.49. The van der Waals surface area contributed by atoms with Crippen molar-refractivity contribution in [2.24, 2.45) is 11.8 Å². The first-order valence-corrected chi connectivity index (χ1v) is 8.11. The summed E-state index contributed by atoms with van der Waals surface area (Å²) in [7, 11) is 0. The number of nitrogens with one attached hydrogen (secondary N) is 1. The first-order chi connectivity index (χ1) is 10.4. The van der Waals surface area contributed by atoms with Crippen molar-refractivity contribution in [3.8, 4) is 0 Å². The van der Waals surface area contributed by atoms with Crippen LogP contribution < -0.4 is 5.32 Å². The van der Waals surface area contributed by atoms with Crippen molar-refractivity contribution in [1.29, 1.82) is 0 Å². The summed E-state index contributed by atoms with van der Waals surface area (Å²) in [6.45, 7) is 2.00. The summed E-state index contributed by atoms with van der Waals surface area (Å²) < 4.78 is 2.39. The van der Waals surface area contributed by atoms with E-state index in [9.17, 15) is 0 Å². The predicted molar refractivity (Wildman–Crippen MR) is 79.9 cm³/mol. The zero-order chi connectivity index (χ0) is 13.8. The highest BCUT2D eigenvalue weighted by Crippen LogP contribution is 2.57. The number of nitrogens with zero attached hydrogens (tertiary/aromatic N) is 3. The van der Waals surface area contributed by atoms with E-state index in [1.165, 1.54) is 30.7 Å². The van der Waals surface area contributed by atoms with Gasteiger partial charge in [-0.05, 0) is 36.7 Å². The Bertz CT molecular complexity index is 653. The van der Waals surface area contributed by atoms with Gasteiger partial charge in [-0.1, -0.05) is 30.3 Å². The molecule has 108 valence electrons. The van der Waals surface area contributed by atoms with Crippen LogP contribution in [-0.2, 0) is 6.54 Å². The van der Waals surface area contributed by atoms with Crippen molar-refractivity contribution < 1.29 is 0 Å². The molecular formula is C17H20N4. The lowest BCUT2D eigenvalue weighted by Crippen LogP contribution is -2.35. The van der Waals surface area contributed by atoms with E-state index in [1.54, 1.807) is 0 Å². The zero-order valence-electron chi connectivity index (χ0n) is 12.1. The van der Waals surface area contributed by atoms with Crippen LogP contribution in [0.1, 0.15) is 48.4 Å². The van der Waals surface area contributed by atoms with Gasteiger partial charge in [0.25, 0.3) is 0 Å². The second-order valence-corrected chi connectivity index (χ2v) is 6.79. The van der Waals surface area contributed by atoms with Gasteiger partial charge in [0.15, 0.2) is 5.82 Å². The molecule has 3 aliphatic rings. The highest BCUT2D eigenvalue weighted by atomic mass is 15.3. The van der Waals surface area contributed by atoms with Crippen LogP contribution in [0.3, 0.4) is 0 Å². The van der Waals surface area contributed by atoms with Gasteiger partial charge in [0.05, 0.1) is 6.04 Å². The van der Waals surface area contributed by atoms with Gasteiger partial charge in [-0.25, -0.2) is 0 Å². The molecule has 3 atom stereocenters. The number of benzene rings is 1. The lowest BCUT2D eigenvalue weighted by Gasteiger charge is -2.26. The van der Waals surface area contributed by atoms with Gasteiger partial charge in [-0.3, -0.25) is 0 Å². The third-order valence-electron chi connectivity index (χ3n) is 5.49. The number of rotatable bonds is 2. The fourth-order valence-electron chi connectivity index (χ4n) is 4.32. The maximum atomic E-state index is 4.58. The Morgan fingerprint density at radius 3 is 2.52 bits per heavy atom. The van der Waals surface area contributed by atoms with Crippen LogP contribution in [0.4, 0.5) is 0 Å². The Hall–Kier alpha value is -1.68. The van der Waals surface area contributed by atoms with Crippen molar-refractivity contribution in [3.63, 3.8) is 0 Å². The van der Waals surface area contributed by atoms with Crippen molar-refractivity contribution in [1.82, 2.24) is 20.1 Å². The maximum Gasteiger partial charge on any atom is 0.154 e. The van der Waals surface area contributed by atoms with Crippen molar-refractivity contribution >= 4 is 0 Å². The second-order valence-electron chi connectivity index (χ2n) is 6.79. The minimum atomic E-state index is 0.192. The monoisotopic (exact) mass is 280 g/mol. The lowest BCUT2D eigenvalue weighted by molar-refractivity contribution is 0.434. The van der Waals surface area contributed by atoms with Gasteiger partial charge in [-0.15, -0.1) is 10.2 Å². The minimum absolute atomic E-state index is 0.192. The van der Waals surface area contributed by atoms with E-state index in [2.05, 4.69) is 50.4 Å². The first-order valence-electron chi connectivity index (χ1n) is 8.11. The van der Waals surface area contributed by atoms with Gasteiger partial charge in [0.1, 0.15) is 5.82 Å². The van der Waals surface area contributed by atoms with E-state index >= 15 is 0 Å². The van der Waals surface area contributed by atoms with Crippen molar-refractivity contribution in [3.05, 3.63) is 47.5 Å². The molecule has 2 aliphatic carbocycles. The van der Waals surface area contributed by atoms with Crippen molar-refractivity contribution in [2.75, 3.05) is 6.54 Å². The molecule has 2 saturated carbocycles. The summed E-state index contributed by atoms with van der Waals surface area (Å²) in [6, 6.07) is 10.8. The van der Waals surface area contributed by atoms with Crippen LogP contribution >= 0.6 is 0 Å². The molecule has 0 bridgehead atoms. The molecule has 1 N–H and O–H groups in total. The van der Waals surface area contributed by atoms with E-state index in [1.807, 2.05) is 0 Å². The van der Waals surface area contributed by atoms with Gasteiger partial charge in [-0.2, -0.15) is 0 Å². The van der Waals surface area contributed by atoms with E-state index < -0.39 is 0 Å². The molecule has 0 saturated heterocycles. The smallest absolute Gasteiger partial charge is 0.154 e. The molecule has 2 aromatic rings. The van der Waals surface area contributed by atoms with E-state index in [0.29, 0.717) is 5.92 Å². The summed E-state index contributed by atoms with van der Waals surface area (Å²) >= 11 is 0. The van der Waals surface area contributed by atoms with Crippen molar-refractivity contribution in [2.45, 2.75) is 37.8 Å². The highest BCUT2D eigenvalue weighted by Gasteiger charge is 2.48. The van der Waals surface area contributed by atoms with E-state index in [4.69, 9.17) is 0 Å². The SMILES string of the molecule is c1ccc(C2NCCn3c(C4CC5CC5C4)nnc32)cc1. The van der Waals surface area contributed by atoms with Gasteiger partial charge in [0, 0.05) is 19.0 Å². The summed E-state index contributed by atoms with van der Waals surface area (Å²) in [5, 5.41) is 12.7.